The Hall–Kier alpha value is -1.04. The second kappa shape index (κ2) is 4.86. The summed E-state index contributed by atoms with van der Waals surface area (Å²) in [6.45, 7) is 0.305. The summed E-state index contributed by atoms with van der Waals surface area (Å²) in [5, 5.41) is 0.482. The van der Waals surface area contributed by atoms with E-state index >= 15 is 0 Å². The van der Waals surface area contributed by atoms with Crippen molar-refractivity contribution in [3.05, 3.63) is 39.7 Å². The van der Waals surface area contributed by atoms with Crippen LogP contribution < -0.4 is 10.5 Å². The number of rotatable bonds is 3. The molecule has 1 aromatic carbocycles. The number of nitrogens with two attached hydrogens (primary N) is 1. The molecular formula is C10H8BrClN2O2. The minimum atomic E-state index is 0.125. The van der Waals surface area contributed by atoms with Gasteiger partial charge in [-0.25, -0.2) is 0 Å². The molecule has 84 valence electrons. The summed E-state index contributed by atoms with van der Waals surface area (Å²) < 4.78 is 11.3. The number of hydrogen-bond donors (Lipinski definition) is 1. The van der Waals surface area contributed by atoms with Crippen LogP contribution in [0.4, 0.5) is 0 Å². The first kappa shape index (κ1) is 11.4. The molecule has 1 heterocycles. The lowest BCUT2D eigenvalue weighted by Gasteiger charge is -2.03. The van der Waals surface area contributed by atoms with Crippen molar-refractivity contribution in [2.45, 2.75) is 6.54 Å². The molecule has 2 aromatic rings. The Labute approximate surface area is 105 Å². The van der Waals surface area contributed by atoms with Gasteiger partial charge in [-0.05, 0) is 18.2 Å². The minimum Gasteiger partial charge on any atom is -0.417 e. The van der Waals surface area contributed by atoms with E-state index in [-0.39, 0.29) is 6.08 Å². The van der Waals surface area contributed by atoms with E-state index in [0.717, 1.165) is 4.47 Å². The van der Waals surface area contributed by atoms with E-state index in [1.807, 2.05) is 6.07 Å². The van der Waals surface area contributed by atoms with Crippen LogP contribution >= 0.6 is 27.5 Å². The number of benzene rings is 1. The summed E-state index contributed by atoms with van der Waals surface area (Å²) in [5.41, 5.74) is 6.02. The van der Waals surface area contributed by atoms with Crippen LogP contribution in [0.3, 0.4) is 0 Å². The van der Waals surface area contributed by atoms with Crippen molar-refractivity contribution < 1.29 is 9.15 Å². The standard InChI is InChI=1S/C10H8BrClN2O2/c11-6-1-2-8(12)9(3-6)16-10-14-7(4-13)5-15-10/h1-3,5H,4,13H2. The molecule has 0 fully saturated rings. The molecule has 0 saturated carbocycles. The third kappa shape index (κ3) is 2.55. The van der Waals surface area contributed by atoms with Crippen molar-refractivity contribution >= 4 is 27.5 Å². The van der Waals surface area contributed by atoms with E-state index in [1.165, 1.54) is 6.26 Å². The molecular weight excluding hydrogens is 295 g/mol. The zero-order valence-corrected chi connectivity index (χ0v) is 10.5. The number of aromatic nitrogens is 1. The molecule has 4 nitrogen and oxygen atoms in total. The van der Waals surface area contributed by atoms with E-state index in [9.17, 15) is 0 Å². The van der Waals surface area contributed by atoms with Gasteiger partial charge in [-0.3, -0.25) is 0 Å². The van der Waals surface area contributed by atoms with Gasteiger partial charge in [-0.15, -0.1) is 0 Å². The Morgan fingerprint density at radius 3 is 3.00 bits per heavy atom. The largest absolute Gasteiger partial charge is 0.417 e. The second-order valence-electron chi connectivity index (χ2n) is 2.99. The van der Waals surface area contributed by atoms with Gasteiger partial charge in [0.1, 0.15) is 6.26 Å². The Bertz CT molecular complexity index is 501. The highest BCUT2D eigenvalue weighted by atomic mass is 79.9. The maximum absolute atomic E-state index is 5.95. The molecule has 6 heteroatoms. The van der Waals surface area contributed by atoms with Crippen molar-refractivity contribution in [1.29, 1.82) is 0 Å². The van der Waals surface area contributed by atoms with E-state index in [0.29, 0.717) is 23.0 Å². The summed E-state index contributed by atoms with van der Waals surface area (Å²) in [7, 11) is 0. The molecule has 2 N–H and O–H groups in total. The van der Waals surface area contributed by atoms with Crippen molar-refractivity contribution in [1.82, 2.24) is 4.98 Å². The van der Waals surface area contributed by atoms with Crippen LogP contribution in [0, 0.1) is 0 Å². The van der Waals surface area contributed by atoms with Crippen molar-refractivity contribution in [2.75, 3.05) is 0 Å². The summed E-state index contributed by atoms with van der Waals surface area (Å²) in [6.07, 6.45) is 1.57. The first-order valence-electron chi connectivity index (χ1n) is 4.46. The fourth-order valence-corrected chi connectivity index (χ4v) is 1.57. The van der Waals surface area contributed by atoms with Gasteiger partial charge in [-0.2, -0.15) is 4.98 Å². The van der Waals surface area contributed by atoms with Crippen molar-refractivity contribution in [3.8, 4) is 11.8 Å². The van der Waals surface area contributed by atoms with Crippen LogP contribution in [0.5, 0.6) is 11.8 Å². The molecule has 0 bridgehead atoms. The third-order valence-electron chi connectivity index (χ3n) is 1.83. The van der Waals surface area contributed by atoms with Gasteiger partial charge in [0, 0.05) is 11.0 Å². The van der Waals surface area contributed by atoms with Crippen LogP contribution in [-0.4, -0.2) is 4.98 Å². The predicted octanol–water partition coefficient (Wildman–Crippen LogP) is 3.34. The molecule has 2 rings (SSSR count). The summed E-state index contributed by atoms with van der Waals surface area (Å²) in [5.74, 6) is 0.474. The van der Waals surface area contributed by atoms with E-state index in [4.69, 9.17) is 26.5 Å². The van der Waals surface area contributed by atoms with Crippen LogP contribution in [0.1, 0.15) is 5.69 Å². The number of nitrogens with zero attached hydrogens (tertiary/aromatic N) is 1. The normalized spacial score (nSPS) is 10.4. The predicted molar refractivity (Wildman–Crippen MR) is 63.6 cm³/mol. The summed E-state index contributed by atoms with van der Waals surface area (Å²) >= 11 is 9.27. The number of hydrogen-bond acceptors (Lipinski definition) is 4. The van der Waals surface area contributed by atoms with Gasteiger partial charge in [0.15, 0.2) is 5.75 Å². The third-order valence-corrected chi connectivity index (χ3v) is 2.64. The van der Waals surface area contributed by atoms with Gasteiger partial charge < -0.3 is 14.9 Å². The van der Waals surface area contributed by atoms with Gasteiger partial charge in [0.2, 0.25) is 0 Å². The van der Waals surface area contributed by atoms with Crippen molar-refractivity contribution in [2.24, 2.45) is 5.73 Å². The lowest BCUT2D eigenvalue weighted by molar-refractivity contribution is 0.330. The average Bonchev–Trinajstić information content (AvgIpc) is 2.71. The second-order valence-corrected chi connectivity index (χ2v) is 4.31. The van der Waals surface area contributed by atoms with Crippen LogP contribution in [0.15, 0.2) is 33.4 Å². The Morgan fingerprint density at radius 2 is 2.31 bits per heavy atom. The number of oxazole rings is 1. The fourth-order valence-electron chi connectivity index (χ4n) is 1.08. The molecule has 0 aliphatic heterocycles. The number of ether oxygens (including phenoxy) is 1. The van der Waals surface area contributed by atoms with Gasteiger partial charge in [-0.1, -0.05) is 27.5 Å². The molecule has 0 amide bonds. The molecule has 0 spiro atoms. The number of halogens is 2. The molecule has 0 aliphatic carbocycles. The lowest BCUT2D eigenvalue weighted by Crippen LogP contribution is -1.95. The quantitative estimate of drug-likeness (QED) is 0.944. The van der Waals surface area contributed by atoms with E-state index in [2.05, 4.69) is 20.9 Å². The van der Waals surface area contributed by atoms with Crippen LogP contribution in [0.2, 0.25) is 5.02 Å². The van der Waals surface area contributed by atoms with Gasteiger partial charge >= 0.3 is 6.08 Å². The SMILES string of the molecule is NCc1coc(Oc2cc(Br)ccc2Cl)n1. The first-order chi connectivity index (χ1) is 7.69. The summed E-state index contributed by atoms with van der Waals surface area (Å²) in [4.78, 5) is 4.01. The van der Waals surface area contributed by atoms with Gasteiger partial charge in [0.05, 0.1) is 10.7 Å². The molecule has 0 saturated heterocycles. The highest BCUT2D eigenvalue weighted by molar-refractivity contribution is 9.10. The zero-order valence-electron chi connectivity index (χ0n) is 8.11. The monoisotopic (exact) mass is 302 g/mol. The Kier molecular flexibility index (Phi) is 3.48. The maximum atomic E-state index is 5.95. The van der Waals surface area contributed by atoms with Crippen LogP contribution in [0.25, 0.3) is 0 Å². The molecule has 0 aliphatic rings. The molecule has 0 radical (unpaired) electrons. The Balaban J connectivity index is 2.22. The molecule has 0 unspecified atom stereocenters. The van der Waals surface area contributed by atoms with E-state index in [1.54, 1.807) is 12.1 Å². The van der Waals surface area contributed by atoms with Crippen molar-refractivity contribution in [3.63, 3.8) is 0 Å². The average molecular weight is 304 g/mol. The highest BCUT2D eigenvalue weighted by Gasteiger charge is 2.08. The molecule has 1 aromatic heterocycles. The topological polar surface area (TPSA) is 61.3 Å². The van der Waals surface area contributed by atoms with Gasteiger partial charge in [0.25, 0.3) is 0 Å². The molecule has 0 atom stereocenters. The molecule has 16 heavy (non-hydrogen) atoms. The van der Waals surface area contributed by atoms with Crippen LogP contribution in [-0.2, 0) is 6.54 Å². The fraction of sp³-hybridized carbons (Fsp3) is 0.100. The zero-order chi connectivity index (χ0) is 11.5. The minimum absolute atomic E-state index is 0.125. The Morgan fingerprint density at radius 1 is 1.50 bits per heavy atom. The smallest absolute Gasteiger partial charge is 0.399 e. The highest BCUT2D eigenvalue weighted by Crippen LogP contribution is 2.31. The summed E-state index contributed by atoms with van der Waals surface area (Å²) in [6, 6.07) is 5.26. The maximum Gasteiger partial charge on any atom is 0.399 e. The first-order valence-corrected chi connectivity index (χ1v) is 5.63. The van der Waals surface area contributed by atoms with E-state index < -0.39 is 0 Å². The lowest BCUT2D eigenvalue weighted by atomic mass is 10.3.